The van der Waals surface area contributed by atoms with Gasteiger partial charge in [-0.05, 0) is 30.7 Å². The maximum absolute atomic E-state index is 12.3. The van der Waals surface area contributed by atoms with Crippen molar-refractivity contribution in [2.45, 2.75) is 19.3 Å². The van der Waals surface area contributed by atoms with Crippen LogP contribution in [0.15, 0.2) is 47.0 Å². The molecule has 0 radical (unpaired) electrons. The number of ether oxygens (including phenoxy) is 2. The molecule has 1 N–H and O–H groups in total. The lowest BCUT2D eigenvalue weighted by atomic mass is 10.2. The molecule has 0 bridgehead atoms. The molecule has 2 aromatic carbocycles. The molecule has 0 fully saturated rings. The van der Waals surface area contributed by atoms with E-state index in [9.17, 15) is 4.79 Å². The number of hydrogen-bond acceptors (Lipinski definition) is 6. The normalized spacial score (nSPS) is 10.5. The summed E-state index contributed by atoms with van der Waals surface area (Å²) >= 11 is 6.14. The molecule has 0 unspecified atom stereocenters. The summed E-state index contributed by atoms with van der Waals surface area (Å²) in [5, 5.41) is 7.34. The number of amides is 1. The van der Waals surface area contributed by atoms with E-state index < -0.39 is 0 Å². The van der Waals surface area contributed by atoms with Gasteiger partial charge in [0.25, 0.3) is 0 Å². The second-order valence-corrected chi connectivity index (χ2v) is 6.37. The van der Waals surface area contributed by atoms with E-state index >= 15 is 0 Å². The number of carbonyl (C=O) groups is 1. The van der Waals surface area contributed by atoms with Crippen LogP contribution < -0.4 is 14.8 Å². The Morgan fingerprint density at radius 2 is 2.00 bits per heavy atom. The molecule has 0 saturated carbocycles. The Labute approximate surface area is 167 Å². The summed E-state index contributed by atoms with van der Waals surface area (Å²) in [6.45, 7) is 0. The van der Waals surface area contributed by atoms with Gasteiger partial charge in [0.1, 0.15) is 11.5 Å². The Hall–Kier alpha value is -3.06. The van der Waals surface area contributed by atoms with Crippen LogP contribution in [0.4, 0.5) is 5.69 Å². The highest BCUT2D eigenvalue weighted by molar-refractivity contribution is 6.33. The minimum atomic E-state index is -0.141. The summed E-state index contributed by atoms with van der Waals surface area (Å²) in [6.07, 6.45) is 1.34. The summed E-state index contributed by atoms with van der Waals surface area (Å²) in [5.74, 6) is 1.95. The minimum Gasteiger partial charge on any atom is -0.497 e. The van der Waals surface area contributed by atoms with Gasteiger partial charge in [0, 0.05) is 24.5 Å². The van der Waals surface area contributed by atoms with Gasteiger partial charge < -0.3 is 19.3 Å². The maximum atomic E-state index is 12.3. The van der Waals surface area contributed by atoms with E-state index in [-0.39, 0.29) is 5.91 Å². The molecule has 0 saturated heterocycles. The molecule has 1 amide bonds. The highest BCUT2D eigenvalue weighted by atomic mass is 35.5. The summed E-state index contributed by atoms with van der Waals surface area (Å²) in [5.41, 5.74) is 1.27. The number of benzene rings is 2. The van der Waals surface area contributed by atoms with Crippen LogP contribution in [0.2, 0.25) is 5.02 Å². The molecule has 28 heavy (non-hydrogen) atoms. The van der Waals surface area contributed by atoms with Crippen molar-refractivity contribution in [3.8, 4) is 22.9 Å². The van der Waals surface area contributed by atoms with Crippen LogP contribution >= 0.6 is 11.6 Å². The van der Waals surface area contributed by atoms with E-state index in [2.05, 4.69) is 15.5 Å². The molecule has 1 aromatic heterocycles. The number of nitrogens with one attached hydrogen (secondary N) is 1. The molecule has 146 valence electrons. The Bertz CT molecular complexity index is 958. The lowest BCUT2D eigenvalue weighted by molar-refractivity contribution is -0.116. The van der Waals surface area contributed by atoms with Gasteiger partial charge in [-0.1, -0.05) is 28.9 Å². The van der Waals surface area contributed by atoms with Crippen LogP contribution in [0.3, 0.4) is 0 Å². The molecule has 1 heterocycles. The maximum Gasteiger partial charge on any atom is 0.226 e. The van der Waals surface area contributed by atoms with Gasteiger partial charge in [0.15, 0.2) is 0 Å². The molecule has 0 spiro atoms. The smallest absolute Gasteiger partial charge is 0.226 e. The first-order chi connectivity index (χ1) is 13.6. The molecular formula is C20H20ClN3O4. The lowest BCUT2D eigenvalue weighted by Gasteiger charge is -2.11. The van der Waals surface area contributed by atoms with Crippen molar-refractivity contribution in [3.05, 3.63) is 53.4 Å². The lowest BCUT2D eigenvalue weighted by Crippen LogP contribution is -2.12. The van der Waals surface area contributed by atoms with Crippen LogP contribution in [-0.4, -0.2) is 30.3 Å². The van der Waals surface area contributed by atoms with Crippen LogP contribution in [0, 0.1) is 0 Å². The molecule has 0 aliphatic heterocycles. The van der Waals surface area contributed by atoms with Crippen LogP contribution in [-0.2, 0) is 11.2 Å². The third-order valence-electron chi connectivity index (χ3n) is 4.06. The zero-order valence-corrected chi connectivity index (χ0v) is 16.3. The second-order valence-electron chi connectivity index (χ2n) is 5.96. The molecular weight excluding hydrogens is 382 g/mol. The SMILES string of the molecule is COc1ccc(OC)c(NC(=O)CCCc2nc(-c3ccccc3Cl)no2)c1. The van der Waals surface area contributed by atoms with Crippen molar-refractivity contribution < 1.29 is 18.8 Å². The molecule has 0 atom stereocenters. The van der Waals surface area contributed by atoms with Crippen molar-refractivity contribution in [2.75, 3.05) is 19.5 Å². The average Bonchev–Trinajstić information content (AvgIpc) is 3.17. The third kappa shape index (κ3) is 4.80. The number of carbonyl (C=O) groups excluding carboxylic acids is 1. The number of hydrogen-bond donors (Lipinski definition) is 1. The van der Waals surface area contributed by atoms with Gasteiger partial charge in [-0.3, -0.25) is 4.79 Å². The van der Waals surface area contributed by atoms with Crippen LogP contribution in [0.5, 0.6) is 11.5 Å². The summed E-state index contributed by atoms with van der Waals surface area (Å²) in [4.78, 5) is 16.6. The minimum absolute atomic E-state index is 0.141. The van der Waals surface area contributed by atoms with E-state index in [0.29, 0.717) is 58.8 Å². The molecule has 8 heteroatoms. The largest absolute Gasteiger partial charge is 0.497 e. The number of halogens is 1. The summed E-state index contributed by atoms with van der Waals surface area (Å²) in [7, 11) is 3.11. The molecule has 7 nitrogen and oxygen atoms in total. The number of aromatic nitrogens is 2. The molecule has 0 aliphatic rings. The topological polar surface area (TPSA) is 86.5 Å². The zero-order chi connectivity index (χ0) is 19.9. The van der Waals surface area contributed by atoms with E-state index in [4.69, 9.17) is 25.6 Å². The summed E-state index contributed by atoms with van der Waals surface area (Å²) < 4.78 is 15.7. The van der Waals surface area contributed by atoms with Gasteiger partial charge in [-0.2, -0.15) is 4.98 Å². The fourth-order valence-corrected chi connectivity index (χ4v) is 2.85. The summed E-state index contributed by atoms with van der Waals surface area (Å²) in [6, 6.07) is 12.5. The fraction of sp³-hybridized carbons (Fsp3) is 0.250. The van der Waals surface area contributed by atoms with Crippen molar-refractivity contribution in [2.24, 2.45) is 0 Å². The number of methoxy groups -OCH3 is 2. The monoisotopic (exact) mass is 401 g/mol. The number of aryl methyl sites for hydroxylation is 1. The van der Waals surface area contributed by atoms with E-state index in [0.717, 1.165) is 0 Å². The third-order valence-corrected chi connectivity index (χ3v) is 4.39. The van der Waals surface area contributed by atoms with Crippen molar-refractivity contribution in [1.82, 2.24) is 10.1 Å². The van der Waals surface area contributed by atoms with Gasteiger partial charge in [-0.25, -0.2) is 0 Å². The number of rotatable bonds is 8. The van der Waals surface area contributed by atoms with E-state index in [1.54, 1.807) is 38.5 Å². The standard InChI is InChI=1S/C20H20ClN3O4/c1-26-13-10-11-17(27-2)16(12-13)22-18(25)8-5-9-19-23-20(24-28-19)14-6-3-4-7-15(14)21/h3-4,6-7,10-12H,5,8-9H2,1-2H3,(H,22,25). The molecule has 3 rings (SSSR count). The molecule has 0 aliphatic carbocycles. The van der Waals surface area contributed by atoms with Gasteiger partial charge in [-0.15, -0.1) is 0 Å². The van der Waals surface area contributed by atoms with Crippen LogP contribution in [0.25, 0.3) is 11.4 Å². The number of nitrogens with zero attached hydrogens (tertiary/aromatic N) is 2. The van der Waals surface area contributed by atoms with Gasteiger partial charge in [0.2, 0.25) is 17.6 Å². The van der Waals surface area contributed by atoms with Crippen molar-refractivity contribution in [3.63, 3.8) is 0 Å². The Kier molecular flexibility index (Phi) is 6.49. The first kappa shape index (κ1) is 19.7. The predicted octanol–water partition coefficient (Wildman–Crippen LogP) is 4.37. The van der Waals surface area contributed by atoms with E-state index in [1.165, 1.54) is 0 Å². The Morgan fingerprint density at radius 3 is 2.75 bits per heavy atom. The first-order valence-corrected chi connectivity index (χ1v) is 9.08. The Balaban J connectivity index is 1.55. The zero-order valence-electron chi connectivity index (χ0n) is 15.6. The highest BCUT2D eigenvalue weighted by Gasteiger charge is 2.13. The first-order valence-electron chi connectivity index (χ1n) is 8.70. The average molecular weight is 402 g/mol. The van der Waals surface area contributed by atoms with Crippen molar-refractivity contribution >= 4 is 23.2 Å². The highest BCUT2D eigenvalue weighted by Crippen LogP contribution is 2.29. The van der Waals surface area contributed by atoms with E-state index in [1.807, 2.05) is 18.2 Å². The number of anilines is 1. The Morgan fingerprint density at radius 1 is 1.18 bits per heavy atom. The quantitative estimate of drug-likeness (QED) is 0.603. The van der Waals surface area contributed by atoms with Gasteiger partial charge in [0.05, 0.1) is 24.9 Å². The fourth-order valence-electron chi connectivity index (χ4n) is 2.63. The predicted molar refractivity (Wildman–Crippen MR) is 106 cm³/mol. The second kappa shape index (κ2) is 9.23. The van der Waals surface area contributed by atoms with Gasteiger partial charge >= 0.3 is 0 Å². The van der Waals surface area contributed by atoms with Crippen LogP contribution in [0.1, 0.15) is 18.7 Å². The van der Waals surface area contributed by atoms with Crippen molar-refractivity contribution in [1.29, 1.82) is 0 Å². The molecule has 3 aromatic rings.